The van der Waals surface area contributed by atoms with Gasteiger partial charge in [0.2, 0.25) is 5.95 Å². The number of anilines is 1. The second-order valence-corrected chi connectivity index (χ2v) is 5.45. The van der Waals surface area contributed by atoms with Crippen LogP contribution in [0.1, 0.15) is 18.9 Å². The van der Waals surface area contributed by atoms with Crippen molar-refractivity contribution in [3.05, 3.63) is 48.5 Å². The Hall–Kier alpha value is -3.02. The van der Waals surface area contributed by atoms with Gasteiger partial charge in [0.1, 0.15) is 5.82 Å². The number of nitrogens with zero attached hydrogens (tertiary/aromatic N) is 5. The van der Waals surface area contributed by atoms with Crippen molar-refractivity contribution in [2.75, 3.05) is 5.73 Å². The Labute approximate surface area is 133 Å². The van der Waals surface area contributed by atoms with Gasteiger partial charge < -0.3 is 5.73 Å². The second-order valence-electron chi connectivity index (χ2n) is 5.45. The van der Waals surface area contributed by atoms with E-state index in [9.17, 15) is 0 Å². The summed E-state index contributed by atoms with van der Waals surface area (Å²) in [6.45, 7) is 2.13. The van der Waals surface area contributed by atoms with E-state index in [1.54, 1.807) is 12.4 Å². The summed E-state index contributed by atoms with van der Waals surface area (Å²) >= 11 is 0. The van der Waals surface area contributed by atoms with Gasteiger partial charge in [0.15, 0.2) is 0 Å². The van der Waals surface area contributed by atoms with Crippen molar-refractivity contribution in [2.24, 2.45) is 0 Å². The van der Waals surface area contributed by atoms with E-state index in [1.807, 2.05) is 35.2 Å². The van der Waals surface area contributed by atoms with Gasteiger partial charge in [0, 0.05) is 24.0 Å². The van der Waals surface area contributed by atoms with Crippen LogP contribution >= 0.6 is 0 Å². The first-order valence-corrected chi connectivity index (χ1v) is 7.60. The fraction of sp³-hybridized carbons (Fsp3) is 0.176. The molecule has 114 valence electrons. The number of aryl methyl sites for hydroxylation is 1. The Balaban J connectivity index is 1.96. The molecule has 0 unspecified atom stereocenters. The second kappa shape index (κ2) is 5.31. The van der Waals surface area contributed by atoms with Gasteiger partial charge in [-0.25, -0.2) is 4.98 Å². The normalized spacial score (nSPS) is 11.3. The predicted molar refractivity (Wildman–Crippen MR) is 90.4 cm³/mol. The molecule has 0 aliphatic rings. The third-order valence-electron chi connectivity index (χ3n) is 3.89. The molecule has 4 heterocycles. The zero-order valence-electron chi connectivity index (χ0n) is 12.8. The molecule has 0 bridgehead atoms. The number of nitrogen functional groups attached to an aromatic ring is 1. The zero-order chi connectivity index (χ0) is 15.8. The summed E-state index contributed by atoms with van der Waals surface area (Å²) in [5.74, 6) is 1.02. The van der Waals surface area contributed by atoms with Gasteiger partial charge in [-0.15, -0.1) is 0 Å². The lowest BCUT2D eigenvalue weighted by molar-refractivity contribution is 0.918. The summed E-state index contributed by atoms with van der Waals surface area (Å²) in [4.78, 5) is 17.8. The van der Waals surface area contributed by atoms with Crippen LogP contribution in [-0.4, -0.2) is 24.5 Å². The quantitative estimate of drug-likeness (QED) is 0.629. The molecule has 4 rings (SSSR count). The highest BCUT2D eigenvalue weighted by molar-refractivity contribution is 5.91. The van der Waals surface area contributed by atoms with Crippen molar-refractivity contribution in [1.82, 2.24) is 24.5 Å². The molecular formula is C17H16N6. The molecule has 0 saturated heterocycles. The summed E-state index contributed by atoms with van der Waals surface area (Å²) in [5.41, 5.74) is 9.93. The fourth-order valence-electron chi connectivity index (χ4n) is 2.88. The van der Waals surface area contributed by atoms with Crippen LogP contribution in [0, 0.1) is 0 Å². The fourth-order valence-corrected chi connectivity index (χ4v) is 2.88. The van der Waals surface area contributed by atoms with Crippen LogP contribution in [0.4, 0.5) is 5.82 Å². The number of nitrogens with two attached hydrogens (primary N) is 1. The first-order chi connectivity index (χ1) is 11.3. The maximum atomic E-state index is 6.23. The van der Waals surface area contributed by atoms with Crippen LogP contribution in [0.5, 0.6) is 0 Å². The van der Waals surface area contributed by atoms with Gasteiger partial charge in [-0.3, -0.25) is 14.5 Å². The molecule has 2 N–H and O–H groups in total. The maximum absolute atomic E-state index is 6.23. The van der Waals surface area contributed by atoms with Gasteiger partial charge in [-0.1, -0.05) is 13.3 Å². The van der Waals surface area contributed by atoms with Gasteiger partial charge >= 0.3 is 0 Å². The van der Waals surface area contributed by atoms with Crippen molar-refractivity contribution < 1.29 is 0 Å². The Bertz CT molecular complexity index is 1000. The van der Waals surface area contributed by atoms with Crippen molar-refractivity contribution >= 4 is 27.8 Å². The SMILES string of the molecule is CCCc1cncc2nc(-n3ccc4ncccc43)nc(N)c12. The number of pyridine rings is 2. The summed E-state index contributed by atoms with van der Waals surface area (Å²) in [5, 5.41) is 0.903. The Kier molecular flexibility index (Phi) is 3.15. The van der Waals surface area contributed by atoms with Gasteiger partial charge in [-0.2, -0.15) is 4.98 Å². The third-order valence-corrected chi connectivity index (χ3v) is 3.89. The van der Waals surface area contributed by atoms with E-state index in [0.29, 0.717) is 11.8 Å². The van der Waals surface area contributed by atoms with E-state index in [0.717, 1.165) is 40.3 Å². The Morgan fingerprint density at radius 1 is 1.13 bits per heavy atom. The summed E-state index contributed by atoms with van der Waals surface area (Å²) in [6.07, 6.45) is 9.19. The van der Waals surface area contributed by atoms with Crippen LogP contribution < -0.4 is 5.73 Å². The van der Waals surface area contributed by atoms with E-state index in [2.05, 4.69) is 26.9 Å². The highest BCUT2D eigenvalue weighted by Crippen LogP contribution is 2.25. The largest absolute Gasteiger partial charge is 0.383 e. The van der Waals surface area contributed by atoms with Crippen molar-refractivity contribution in [3.63, 3.8) is 0 Å². The van der Waals surface area contributed by atoms with Crippen LogP contribution in [0.25, 0.3) is 27.9 Å². The molecule has 4 aromatic rings. The van der Waals surface area contributed by atoms with Crippen molar-refractivity contribution in [2.45, 2.75) is 19.8 Å². The van der Waals surface area contributed by atoms with E-state index in [-0.39, 0.29) is 0 Å². The lowest BCUT2D eigenvalue weighted by atomic mass is 10.1. The number of fused-ring (bicyclic) bond motifs is 2. The molecule has 0 radical (unpaired) electrons. The topological polar surface area (TPSA) is 82.5 Å². The lowest BCUT2D eigenvalue weighted by Gasteiger charge is -2.10. The van der Waals surface area contributed by atoms with Crippen molar-refractivity contribution in [3.8, 4) is 5.95 Å². The molecular weight excluding hydrogens is 288 g/mol. The van der Waals surface area contributed by atoms with Gasteiger partial charge in [0.25, 0.3) is 0 Å². The van der Waals surface area contributed by atoms with Crippen LogP contribution in [0.3, 0.4) is 0 Å². The minimum atomic E-state index is 0.488. The number of aromatic nitrogens is 5. The number of hydrogen-bond acceptors (Lipinski definition) is 5. The molecule has 0 aromatic carbocycles. The molecule has 0 spiro atoms. The minimum Gasteiger partial charge on any atom is -0.383 e. The molecule has 0 aliphatic heterocycles. The molecule has 0 fully saturated rings. The average molecular weight is 304 g/mol. The van der Waals surface area contributed by atoms with Crippen LogP contribution in [-0.2, 0) is 6.42 Å². The first-order valence-electron chi connectivity index (χ1n) is 7.60. The molecule has 0 atom stereocenters. The molecule has 6 heteroatoms. The number of hydrogen-bond donors (Lipinski definition) is 1. The van der Waals surface area contributed by atoms with E-state index in [4.69, 9.17) is 5.73 Å². The monoisotopic (exact) mass is 304 g/mol. The highest BCUT2D eigenvalue weighted by Gasteiger charge is 2.12. The van der Waals surface area contributed by atoms with E-state index >= 15 is 0 Å². The maximum Gasteiger partial charge on any atom is 0.236 e. The zero-order valence-corrected chi connectivity index (χ0v) is 12.8. The number of rotatable bonds is 3. The minimum absolute atomic E-state index is 0.488. The average Bonchev–Trinajstić information content (AvgIpc) is 2.99. The molecule has 0 saturated carbocycles. The molecule has 6 nitrogen and oxygen atoms in total. The van der Waals surface area contributed by atoms with E-state index < -0.39 is 0 Å². The molecule has 4 aromatic heterocycles. The first kappa shape index (κ1) is 13.6. The van der Waals surface area contributed by atoms with Gasteiger partial charge in [0.05, 0.1) is 22.7 Å². The summed E-state index contributed by atoms with van der Waals surface area (Å²) in [7, 11) is 0. The van der Waals surface area contributed by atoms with Crippen LogP contribution in [0.15, 0.2) is 43.0 Å². The Morgan fingerprint density at radius 3 is 2.91 bits per heavy atom. The molecule has 0 aliphatic carbocycles. The van der Waals surface area contributed by atoms with Crippen molar-refractivity contribution in [1.29, 1.82) is 0 Å². The molecule has 0 amide bonds. The highest BCUT2D eigenvalue weighted by atomic mass is 15.2. The summed E-state index contributed by atoms with van der Waals surface area (Å²) < 4.78 is 1.89. The van der Waals surface area contributed by atoms with Crippen LogP contribution in [0.2, 0.25) is 0 Å². The summed E-state index contributed by atoms with van der Waals surface area (Å²) in [6, 6.07) is 5.81. The van der Waals surface area contributed by atoms with E-state index in [1.165, 1.54) is 0 Å². The smallest absolute Gasteiger partial charge is 0.236 e. The lowest BCUT2D eigenvalue weighted by Crippen LogP contribution is -2.05. The third kappa shape index (κ3) is 2.19. The predicted octanol–water partition coefficient (Wildman–Crippen LogP) is 2.90. The standard InChI is InChI=1S/C17H16N6/c1-2-4-11-9-19-10-13-15(11)16(18)22-17(21-13)23-8-6-12-14(23)5-3-7-20-12/h3,5-10H,2,4H2,1H3,(H2,18,21,22). The molecule has 23 heavy (non-hydrogen) atoms. The Morgan fingerprint density at radius 2 is 2.04 bits per heavy atom. The van der Waals surface area contributed by atoms with Gasteiger partial charge in [-0.05, 0) is 30.2 Å².